The first-order valence-corrected chi connectivity index (χ1v) is 6.51. The molecule has 110 valence electrons. The van der Waals surface area contributed by atoms with Gasteiger partial charge in [0.05, 0.1) is 15.0 Å². The largest absolute Gasteiger partial charge is 0.322 e. The van der Waals surface area contributed by atoms with E-state index in [1.54, 1.807) is 6.07 Å². The molecule has 9 heteroatoms. The Morgan fingerprint density at radius 1 is 1.38 bits per heavy atom. The number of hydrogen-bond donors (Lipinski definition) is 1. The minimum Gasteiger partial charge on any atom is -0.320 e. The summed E-state index contributed by atoms with van der Waals surface area (Å²) < 4.78 is 1.17. The second kappa shape index (κ2) is 5.71. The second-order valence-electron chi connectivity index (χ2n) is 4.25. The quantitative estimate of drug-likeness (QED) is 0.691. The molecule has 0 atom stereocenters. The van der Waals surface area contributed by atoms with Gasteiger partial charge in [0.1, 0.15) is 5.69 Å². The molecule has 21 heavy (non-hydrogen) atoms. The van der Waals surface area contributed by atoms with E-state index in [1.807, 2.05) is 0 Å². The van der Waals surface area contributed by atoms with E-state index >= 15 is 0 Å². The van der Waals surface area contributed by atoms with E-state index in [4.69, 9.17) is 23.2 Å². The first-order chi connectivity index (χ1) is 9.81. The number of anilines is 1. The Labute approximate surface area is 129 Å². The molecule has 0 radical (unpaired) electrons. The molecular weight excluding hydrogens is 319 g/mol. The summed E-state index contributed by atoms with van der Waals surface area (Å²) in [4.78, 5) is 22.6. The molecule has 1 aromatic carbocycles. The van der Waals surface area contributed by atoms with E-state index in [0.29, 0.717) is 10.7 Å². The number of benzene rings is 1. The fourth-order valence-electron chi connectivity index (χ4n) is 1.88. The molecule has 2 rings (SSSR count). The van der Waals surface area contributed by atoms with E-state index in [2.05, 4.69) is 10.4 Å². The fraction of sp³-hybridized carbons (Fsp3) is 0.167. The number of rotatable bonds is 3. The number of hydrogen-bond acceptors (Lipinski definition) is 4. The van der Waals surface area contributed by atoms with Crippen molar-refractivity contribution in [3.05, 3.63) is 49.7 Å². The summed E-state index contributed by atoms with van der Waals surface area (Å²) in [7, 11) is 1.46. The summed E-state index contributed by atoms with van der Waals surface area (Å²) in [6, 6.07) is 4.51. The Hall–Kier alpha value is -2.12. The van der Waals surface area contributed by atoms with Crippen molar-refractivity contribution >= 4 is 40.5 Å². The molecule has 0 aliphatic heterocycles. The molecular formula is C12H10Cl2N4O3. The molecule has 0 saturated carbocycles. The predicted octanol–water partition coefficient (Wildman–Crippen LogP) is 3.20. The Balaban J connectivity index is 2.37. The van der Waals surface area contributed by atoms with Gasteiger partial charge in [0.2, 0.25) is 5.69 Å². The monoisotopic (exact) mass is 328 g/mol. The summed E-state index contributed by atoms with van der Waals surface area (Å²) in [5.41, 5.74) is 0.0861. The van der Waals surface area contributed by atoms with E-state index in [1.165, 1.54) is 30.8 Å². The average Bonchev–Trinajstić information content (AvgIpc) is 2.69. The van der Waals surface area contributed by atoms with E-state index < -0.39 is 10.8 Å². The van der Waals surface area contributed by atoms with Gasteiger partial charge < -0.3 is 5.32 Å². The van der Waals surface area contributed by atoms with E-state index in [-0.39, 0.29) is 22.1 Å². The minimum absolute atomic E-state index is 0.136. The highest BCUT2D eigenvalue weighted by atomic mass is 35.5. The lowest BCUT2D eigenvalue weighted by Crippen LogP contribution is -2.17. The van der Waals surface area contributed by atoms with Gasteiger partial charge in [-0.25, -0.2) is 0 Å². The molecule has 1 aromatic heterocycles. The molecule has 0 unspecified atom stereocenters. The number of carbonyl (C=O) groups is 1. The summed E-state index contributed by atoms with van der Waals surface area (Å²) in [5, 5.41) is 18.1. The van der Waals surface area contributed by atoms with Gasteiger partial charge in [-0.15, -0.1) is 0 Å². The van der Waals surface area contributed by atoms with Crippen LogP contribution < -0.4 is 5.32 Å². The van der Waals surface area contributed by atoms with Gasteiger partial charge in [-0.2, -0.15) is 5.10 Å². The third kappa shape index (κ3) is 2.98. The van der Waals surface area contributed by atoms with Crippen molar-refractivity contribution in [2.75, 3.05) is 5.32 Å². The SMILES string of the molecule is Cc1nn(C)c(C(=O)Nc2ccc(Cl)c(Cl)c2)c1[N+](=O)[O-]. The number of nitro groups is 1. The van der Waals surface area contributed by atoms with Crippen LogP contribution in [-0.4, -0.2) is 20.6 Å². The zero-order valence-corrected chi connectivity index (χ0v) is 12.6. The first-order valence-electron chi connectivity index (χ1n) is 5.75. The van der Waals surface area contributed by atoms with Crippen LogP contribution in [0, 0.1) is 17.0 Å². The third-order valence-corrected chi connectivity index (χ3v) is 3.50. The predicted molar refractivity (Wildman–Crippen MR) is 79.0 cm³/mol. The second-order valence-corrected chi connectivity index (χ2v) is 5.06. The molecule has 1 N–H and O–H groups in total. The van der Waals surface area contributed by atoms with Gasteiger partial charge in [0.25, 0.3) is 5.91 Å². The van der Waals surface area contributed by atoms with Crippen LogP contribution in [0.25, 0.3) is 0 Å². The van der Waals surface area contributed by atoms with Gasteiger partial charge in [0.15, 0.2) is 0 Å². The minimum atomic E-state index is -0.650. The number of nitrogens with zero attached hydrogens (tertiary/aromatic N) is 3. The number of carbonyl (C=O) groups excluding carboxylic acids is 1. The number of nitrogens with one attached hydrogen (secondary N) is 1. The van der Waals surface area contributed by atoms with Crippen LogP contribution in [0.4, 0.5) is 11.4 Å². The molecule has 0 spiro atoms. The maximum Gasteiger partial charge on any atom is 0.322 e. The smallest absolute Gasteiger partial charge is 0.320 e. The zero-order chi connectivity index (χ0) is 15.7. The maximum absolute atomic E-state index is 12.2. The fourth-order valence-corrected chi connectivity index (χ4v) is 2.18. The Bertz CT molecular complexity index is 742. The molecule has 0 saturated heterocycles. The Kier molecular flexibility index (Phi) is 4.15. The summed E-state index contributed by atoms with van der Waals surface area (Å²) in [6.45, 7) is 1.47. The molecule has 2 aromatic rings. The lowest BCUT2D eigenvalue weighted by molar-refractivity contribution is -0.385. The number of aromatic nitrogens is 2. The molecule has 0 fully saturated rings. The van der Waals surface area contributed by atoms with Crippen molar-refractivity contribution < 1.29 is 9.72 Å². The highest BCUT2D eigenvalue weighted by Crippen LogP contribution is 2.27. The van der Waals surface area contributed by atoms with Gasteiger partial charge >= 0.3 is 5.69 Å². The molecule has 7 nitrogen and oxygen atoms in total. The summed E-state index contributed by atoms with van der Waals surface area (Å²) in [6.07, 6.45) is 0. The Morgan fingerprint density at radius 2 is 2.05 bits per heavy atom. The van der Waals surface area contributed by atoms with Crippen molar-refractivity contribution in [2.24, 2.45) is 7.05 Å². The number of halogens is 2. The molecule has 1 heterocycles. The van der Waals surface area contributed by atoms with Crippen LogP contribution >= 0.6 is 23.2 Å². The van der Waals surface area contributed by atoms with Gasteiger partial charge in [-0.05, 0) is 25.1 Å². The van der Waals surface area contributed by atoms with Gasteiger partial charge in [-0.1, -0.05) is 23.2 Å². The van der Waals surface area contributed by atoms with E-state index in [9.17, 15) is 14.9 Å². The van der Waals surface area contributed by atoms with Crippen LogP contribution in [0.5, 0.6) is 0 Å². The topological polar surface area (TPSA) is 90.1 Å². The normalized spacial score (nSPS) is 10.5. The zero-order valence-electron chi connectivity index (χ0n) is 11.1. The number of aryl methyl sites for hydroxylation is 2. The molecule has 0 bridgehead atoms. The first kappa shape index (κ1) is 15.3. The molecule has 1 amide bonds. The highest BCUT2D eigenvalue weighted by Gasteiger charge is 2.29. The highest BCUT2D eigenvalue weighted by molar-refractivity contribution is 6.42. The van der Waals surface area contributed by atoms with Crippen molar-refractivity contribution in [1.82, 2.24) is 9.78 Å². The van der Waals surface area contributed by atoms with Crippen molar-refractivity contribution in [2.45, 2.75) is 6.92 Å². The van der Waals surface area contributed by atoms with E-state index in [0.717, 1.165) is 0 Å². The third-order valence-electron chi connectivity index (χ3n) is 2.77. The van der Waals surface area contributed by atoms with Crippen molar-refractivity contribution in [1.29, 1.82) is 0 Å². The maximum atomic E-state index is 12.2. The van der Waals surface area contributed by atoms with Crippen molar-refractivity contribution in [3.63, 3.8) is 0 Å². The standard InChI is InChI=1S/C12H10Cl2N4O3/c1-6-10(18(20)21)11(17(2)16-6)12(19)15-7-3-4-8(13)9(14)5-7/h3-5H,1-2H3,(H,15,19). The molecule has 0 aliphatic rings. The Morgan fingerprint density at radius 3 is 2.62 bits per heavy atom. The van der Waals surface area contributed by atoms with Gasteiger partial charge in [0, 0.05) is 12.7 Å². The summed E-state index contributed by atoms with van der Waals surface area (Å²) >= 11 is 11.6. The average molecular weight is 329 g/mol. The summed E-state index contributed by atoms with van der Waals surface area (Å²) in [5.74, 6) is -0.650. The van der Waals surface area contributed by atoms with Crippen LogP contribution in [-0.2, 0) is 7.05 Å². The number of amides is 1. The lowest BCUT2D eigenvalue weighted by Gasteiger charge is -2.06. The van der Waals surface area contributed by atoms with Gasteiger partial charge in [-0.3, -0.25) is 19.6 Å². The van der Waals surface area contributed by atoms with Crippen LogP contribution in [0.2, 0.25) is 10.0 Å². The van der Waals surface area contributed by atoms with Crippen LogP contribution in [0.1, 0.15) is 16.2 Å². The van der Waals surface area contributed by atoms with Crippen LogP contribution in [0.3, 0.4) is 0 Å². The van der Waals surface area contributed by atoms with Crippen molar-refractivity contribution in [3.8, 4) is 0 Å². The van der Waals surface area contributed by atoms with Crippen LogP contribution in [0.15, 0.2) is 18.2 Å². The lowest BCUT2D eigenvalue weighted by atomic mass is 10.2. The molecule has 0 aliphatic carbocycles.